The van der Waals surface area contributed by atoms with Crippen LogP contribution in [-0.4, -0.2) is 26.4 Å². The van der Waals surface area contributed by atoms with Crippen LogP contribution in [0.15, 0.2) is 40.6 Å². The van der Waals surface area contributed by atoms with Gasteiger partial charge in [-0.3, -0.25) is 0 Å². The summed E-state index contributed by atoms with van der Waals surface area (Å²) >= 11 is 7.66. The van der Waals surface area contributed by atoms with E-state index in [1.807, 2.05) is 17.5 Å². The van der Waals surface area contributed by atoms with E-state index in [0.29, 0.717) is 17.3 Å². The SMILES string of the molecule is COc1ccc(S(=O)(=O)N2CCC[C@H]2c2cccs2)cc1Cl. The van der Waals surface area contributed by atoms with Gasteiger partial charge in [0.1, 0.15) is 5.75 Å². The molecular weight excluding hydrogens is 342 g/mol. The maximum Gasteiger partial charge on any atom is 0.243 e. The van der Waals surface area contributed by atoms with Gasteiger partial charge in [-0.2, -0.15) is 4.31 Å². The Hall–Kier alpha value is -1.08. The molecular formula is C15H16ClNO3S2. The first-order valence-corrected chi connectivity index (χ1v) is 9.62. The van der Waals surface area contributed by atoms with Crippen LogP contribution in [0.4, 0.5) is 0 Å². The molecule has 22 heavy (non-hydrogen) atoms. The van der Waals surface area contributed by atoms with Gasteiger partial charge >= 0.3 is 0 Å². The molecule has 1 aromatic heterocycles. The van der Waals surface area contributed by atoms with E-state index in [-0.39, 0.29) is 10.9 Å². The van der Waals surface area contributed by atoms with Crippen LogP contribution < -0.4 is 4.74 Å². The second-order valence-corrected chi connectivity index (χ2v) is 8.36. The molecule has 118 valence electrons. The molecule has 0 spiro atoms. The number of benzene rings is 1. The van der Waals surface area contributed by atoms with Crippen molar-refractivity contribution in [1.82, 2.24) is 4.31 Å². The van der Waals surface area contributed by atoms with E-state index < -0.39 is 10.0 Å². The van der Waals surface area contributed by atoms with E-state index >= 15 is 0 Å². The summed E-state index contributed by atoms with van der Waals surface area (Å²) in [4.78, 5) is 1.29. The van der Waals surface area contributed by atoms with Crippen LogP contribution in [0.1, 0.15) is 23.8 Å². The van der Waals surface area contributed by atoms with Crippen LogP contribution in [0.2, 0.25) is 5.02 Å². The number of hydrogen-bond acceptors (Lipinski definition) is 4. The topological polar surface area (TPSA) is 46.6 Å². The largest absolute Gasteiger partial charge is 0.495 e. The lowest BCUT2D eigenvalue weighted by molar-refractivity contribution is 0.400. The third kappa shape index (κ3) is 2.76. The standard InChI is InChI=1S/C15H16ClNO3S2/c1-20-14-7-6-11(10-12(14)16)22(18,19)17-8-2-4-13(17)15-5-3-9-21-15/h3,5-7,9-10,13H,2,4,8H2,1H3/t13-/m0/s1. The zero-order valence-corrected chi connectivity index (χ0v) is 14.4. The molecule has 2 heterocycles. The molecule has 0 aliphatic carbocycles. The Kier molecular flexibility index (Phi) is 4.45. The minimum atomic E-state index is -3.56. The Balaban J connectivity index is 1.97. The number of rotatable bonds is 4. The quantitative estimate of drug-likeness (QED) is 0.832. The molecule has 0 amide bonds. The molecule has 0 bridgehead atoms. The highest BCUT2D eigenvalue weighted by Crippen LogP contribution is 2.39. The number of halogens is 1. The lowest BCUT2D eigenvalue weighted by atomic mass is 10.2. The lowest BCUT2D eigenvalue weighted by Crippen LogP contribution is -2.30. The van der Waals surface area contributed by atoms with Crippen molar-refractivity contribution in [2.24, 2.45) is 0 Å². The summed E-state index contributed by atoms with van der Waals surface area (Å²) in [6, 6.07) is 8.46. The molecule has 1 aromatic carbocycles. The molecule has 1 atom stereocenters. The van der Waals surface area contributed by atoms with Crippen molar-refractivity contribution in [2.75, 3.05) is 13.7 Å². The van der Waals surface area contributed by atoms with E-state index in [1.165, 1.54) is 13.2 Å². The fourth-order valence-electron chi connectivity index (χ4n) is 2.74. The van der Waals surface area contributed by atoms with Gasteiger partial charge in [-0.25, -0.2) is 8.42 Å². The number of ether oxygens (including phenoxy) is 1. The Morgan fingerprint density at radius 2 is 2.18 bits per heavy atom. The summed E-state index contributed by atoms with van der Waals surface area (Å²) in [5, 5.41) is 2.28. The van der Waals surface area contributed by atoms with Crippen molar-refractivity contribution >= 4 is 33.0 Å². The van der Waals surface area contributed by atoms with Crippen molar-refractivity contribution in [2.45, 2.75) is 23.8 Å². The van der Waals surface area contributed by atoms with Gasteiger partial charge in [0.05, 0.1) is 23.1 Å². The molecule has 7 heteroatoms. The molecule has 1 fully saturated rings. The highest BCUT2D eigenvalue weighted by Gasteiger charge is 2.36. The monoisotopic (exact) mass is 357 g/mol. The molecule has 0 saturated carbocycles. The summed E-state index contributed by atoms with van der Waals surface area (Å²) < 4.78 is 32.5. The number of methoxy groups -OCH3 is 1. The molecule has 0 radical (unpaired) electrons. The van der Waals surface area contributed by atoms with Crippen molar-refractivity contribution in [1.29, 1.82) is 0 Å². The maximum absolute atomic E-state index is 12.9. The Morgan fingerprint density at radius 1 is 1.36 bits per heavy atom. The van der Waals surface area contributed by atoms with Crippen LogP contribution in [0.5, 0.6) is 5.75 Å². The molecule has 0 N–H and O–H groups in total. The molecule has 1 aliphatic rings. The van der Waals surface area contributed by atoms with Gasteiger partial charge in [-0.05, 0) is 42.5 Å². The van der Waals surface area contributed by atoms with Gasteiger partial charge in [0.15, 0.2) is 0 Å². The van der Waals surface area contributed by atoms with Crippen molar-refractivity contribution in [3.05, 3.63) is 45.6 Å². The van der Waals surface area contributed by atoms with Crippen LogP contribution in [0.25, 0.3) is 0 Å². The van der Waals surface area contributed by atoms with Crippen LogP contribution in [0.3, 0.4) is 0 Å². The highest BCUT2D eigenvalue weighted by molar-refractivity contribution is 7.89. The molecule has 4 nitrogen and oxygen atoms in total. The number of hydrogen-bond donors (Lipinski definition) is 0. The summed E-state index contributed by atoms with van der Waals surface area (Å²) in [5.41, 5.74) is 0. The molecule has 3 rings (SSSR count). The van der Waals surface area contributed by atoms with Crippen molar-refractivity contribution in [3.63, 3.8) is 0 Å². The van der Waals surface area contributed by atoms with E-state index in [1.54, 1.807) is 27.8 Å². The fourth-order valence-corrected chi connectivity index (χ4v) is 5.70. The molecule has 1 saturated heterocycles. The van der Waals surface area contributed by atoms with Gasteiger partial charge in [0, 0.05) is 11.4 Å². The summed E-state index contributed by atoms with van der Waals surface area (Å²) in [6.07, 6.45) is 1.72. The first-order chi connectivity index (χ1) is 10.5. The van der Waals surface area contributed by atoms with Crippen LogP contribution in [-0.2, 0) is 10.0 Å². The van der Waals surface area contributed by atoms with E-state index in [2.05, 4.69) is 0 Å². The van der Waals surface area contributed by atoms with Gasteiger partial charge in [-0.15, -0.1) is 11.3 Å². The van der Waals surface area contributed by atoms with Crippen molar-refractivity contribution < 1.29 is 13.2 Å². The predicted octanol–water partition coefficient (Wildman–Crippen LogP) is 3.94. The number of sulfonamides is 1. The summed E-state index contributed by atoms with van der Waals surface area (Å²) in [7, 11) is -2.06. The average molecular weight is 358 g/mol. The van der Waals surface area contributed by atoms with Crippen molar-refractivity contribution in [3.8, 4) is 5.75 Å². The zero-order chi connectivity index (χ0) is 15.7. The predicted molar refractivity (Wildman–Crippen MR) is 88.2 cm³/mol. The van der Waals surface area contributed by atoms with E-state index in [9.17, 15) is 8.42 Å². The third-order valence-electron chi connectivity index (χ3n) is 3.81. The first kappa shape index (κ1) is 15.8. The normalized spacial score (nSPS) is 19.5. The minimum absolute atomic E-state index is 0.0779. The van der Waals surface area contributed by atoms with Gasteiger partial charge < -0.3 is 4.74 Å². The van der Waals surface area contributed by atoms with Crippen LogP contribution in [0, 0.1) is 0 Å². The Bertz CT molecular complexity index is 759. The van der Waals surface area contributed by atoms with Crippen LogP contribution >= 0.6 is 22.9 Å². The smallest absolute Gasteiger partial charge is 0.243 e. The Morgan fingerprint density at radius 3 is 2.82 bits per heavy atom. The van der Waals surface area contributed by atoms with Gasteiger partial charge in [0.2, 0.25) is 10.0 Å². The molecule has 2 aromatic rings. The summed E-state index contributed by atoms with van der Waals surface area (Å²) in [5.74, 6) is 0.469. The molecule has 0 unspecified atom stereocenters. The second-order valence-electron chi connectivity index (χ2n) is 5.09. The van der Waals surface area contributed by atoms with E-state index in [4.69, 9.17) is 16.3 Å². The summed E-state index contributed by atoms with van der Waals surface area (Å²) in [6.45, 7) is 0.536. The zero-order valence-electron chi connectivity index (χ0n) is 12.0. The fraction of sp³-hybridized carbons (Fsp3) is 0.333. The average Bonchev–Trinajstić information content (AvgIpc) is 3.17. The first-order valence-electron chi connectivity index (χ1n) is 6.93. The van der Waals surface area contributed by atoms with Gasteiger partial charge in [0.25, 0.3) is 0 Å². The lowest BCUT2D eigenvalue weighted by Gasteiger charge is -2.23. The highest BCUT2D eigenvalue weighted by atomic mass is 35.5. The third-order valence-corrected chi connectivity index (χ3v) is 6.98. The number of nitrogens with zero attached hydrogens (tertiary/aromatic N) is 1. The Labute approximate surface area is 139 Å². The maximum atomic E-state index is 12.9. The van der Waals surface area contributed by atoms with E-state index in [0.717, 1.165) is 17.7 Å². The molecule has 1 aliphatic heterocycles. The van der Waals surface area contributed by atoms with Gasteiger partial charge in [-0.1, -0.05) is 17.7 Å². The number of thiophene rings is 1. The minimum Gasteiger partial charge on any atom is -0.495 e. The second kappa shape index (κ2) is 6.20.